The molecule has 0 spiro atoms. The van der Waals surface area contributed by atoms with Gasteiger partial charge in [0.05, 0.1) is 0 Å². The Balaban J connectivity index is 3.04. The molecule has 0 aliphatic heterocycles. The molecule has 0 saturated heterocycles. The van der Waals surface area contributed by atoms with Crippen LogP contribution in [0.5, 0.6) is 0 Å². The highest BCUT2D eigenvalue weighted by Crippen LogP contribution is 2.50. The molecule has 0 bridgehead atoms. The molecule has 4 N–H and O–H groups in total. The van der Waals surface area contributed by atoms with Gasteiger partial charge in [0, 0.05) is 0 Å². The van der Waals surface area contributed by atoms with Gasteiger partial charge in [-0.3, -0.25) is 19.2 Å². The number of carboxylic acid groups (broad SMARTS) is 4. The van der Waals surface area contributed by atoms with Gasteiger partial charge in [-0.05, 0) is 62.2 Å². The molecule has 0 heterocycles. The molecule has 196 valence electrons. The number of carbonyl (C=O) groups is 4. The van der Waals surface area contributed by atoms with Gasteiger partial charge < -0.3 is 20.4 Å². The van der Waals surface area contributed by atoms with Crippen molar-refractivity contribution in [1.82, 2.24) is 0 Å². The Kier molecular flexibility index (Phi) is 11.5. The van der Waals surface area contributed by atoms with E-state index in [-0.39, 0.29) is 38.5 Å². The van der Waals surface area contributed by atoms with E-state index >= 15 is 0 Å². The van der Waals surface area contributed by atoms with E-state index in [9.17, 15) is 39.6 Å². The Morgan fingerprint density at radius 2 is 0.853 bits per heavy atom. The molecule has 1 aliphatic carbocycles. The third-order valence-electron chi connectivity index (χ3n) is 7.85. The topological polar surface area (TPSA) is 149 Å². The minimum atomic E-state index is -1.92. The number of hydrogen-bond acceptors (Lipinski definition) is 4. The lowest BCUT2D eigenvalue weighted by Gasteiger charge is -2.42. The van der Waals surface area contributed by atoms with Crippen LogP contribution in [0.2, 0.25) is 0 Å². The van der Waals surface area contributed by atoms with E-state index in [4.69, 9.17) is 0 Å². The van der Waals surface area contributed by atoms with Gasteiger partial charge >= 0.3 is 23.9 Å². The summed E-state index contributed by atoms with van der Waals surface area (Å²) in [7, 11) is 0. The Morgan fingerprint density at radius 3 is 1.06 bits per heavy atom. The predicted octanol–water partition coefficient (Wildman–Crippen LogP) is 5.54. The molecular weight excluding hydrogens is 440 g/mol. The summed E-state index contributed by atoms with van der Waals surface area (Å²) in [6, 6.07) is 0. The van der Waals surface area contributed by atoms with Crippen LogP contribution in [-0.2, 0) is 19.2 Å². The molecule has 1 saturated carbocycles. The number of unbranched alkanes of at least 4 members (excludes halogenated alkanes) is 2. The van der Waals surface area contributed by atoms with Gasteiger partial charge in [-0.15, -0.1) is 0 Å². The first-order chi connectivity index (χ1) is 15.8. The number of rotatable bonds is 16. The molecule has 0 unspecified atom stereocenters. The van der Waals surface area contributed by atoms with Gasteiger partial charge in [0.2, 0.25) is 0 Å². The average molecular weight is 485 g/mol. The van der Waals surface area contributed by atoms with E-state index in [1.807, 2.05) is 0 Å². The number of carboxylic acids is 4. The summed E-state index contributed by atoms with van der Waals surface area (Å²) in [6.07, 6.45) is 5.07. The van der Waals surface area contributed by atoms with Crippen LogP contribution >= 0.6 is 0 Å². The largest absolute Gasteiger partial charge is 0.480 e. The van der Waals surface area contributed by atoms with Crippen LogP contribution in [-0.4, -0.2) is 44.3 Å². The van der Waals surface area contributed by atoms with Gasteiger partial charge in [0.15, 0.2) is 10.8 Å². The fourth-order valence-electron chi connectivity index (χ4n) is 5.71. The van der Waals surface area contributed by atoms with E-state index in [0.717, 1.165) is 25.7 Å². The van der Waals surface area contributed by atoms with Crippen LogP contribution in [0, 0.1) is 34.5 Å². The van der Waals surface area contributed by atoms with Gasteiger partial charge in [0.1, 0.15) is 0 Å². The Hall–Kier alpha value is -2.12. The first-order valence-corrected chi connectivity index (χ1v) is 12.8. The molecule has 0 aromatic heterocycles. The van der Waals surface area contributed by atoms with Gasteiger partial charge in [-0.25, -0.2) is 0 Å². The monoisotopic (exact) mass is 484 g/mol. The molecule has 0 atom stereocenters. The summed E-state index contributed by atoms with van der Waals surface area (Å²) in [6.45, 7) is 8.23. The van der Waals surface area contributed by atoms with E-state index in [1.54, 1.807) is 0 Å². The fraction of sp³-hybridized carbons (Fsp3) is 0.846. The molecule has 8 heteroatoms. The second-order valence-electron chi connectivity index (χ2n) is 11.0. The molecule has 0 aromatic carbocycles. The van der Waals surface area contributed by atoms with Crippen LogP contribution in [0.3, 0.4) is 0 Å². The lowest BCUT2D eigenvalue weighted by Crippen LogP contribution is -2.50. The maximum Gasteiger partial charge on any atom is 0.321 e. The standard InChI is InChI=1S/C26H44O8/c1-17(2)9-5-7-15-25(21(27)28,22(29)30)19-11-13-20(14-12-19)26(23(31)32,24(33)34)16-8-6-10-18(3)4/h17-20H,5-16H2,1-4H3,(H,27,28)(H,29,30)(H,31,32)(H,33,34). The SMILES string of the molecule is CC(C)CCCCC(C(=O)O)(C(=O)O)C1CCC(C(CCCCC(C)C)(C(=O)O)C(=O)O)CC1. The molecule has 0 radical (unpaired) electrons. The fourth-order valence-corrected chi connectivity index (χ4v) is 5.71. The zero-order chi connectivity index (χ0) is 26.1. The Morgan fingerprint density at radius 1 is 0.588 bits per heavy atom. The van der Waals surface area contributed by atoms with E-state index in [0.29, 0.717) is 24.7 Å². The van der Waals surface area contributed by atoms with Crippen LogP contribution in [0.1, 0.15) is 105 Å². The van der Waals surface area contributed by atoms with Crippen molar-refractivity contribution in [1.29, 1.82) is 0 Å². The average Bonchev–Trinajstić information content (AvgIpc) is 2.73. The molecule has 34 heavy (non-hydrogen) atoms. The summed E-state index contributed by atoms with van der Waals surface area (Å²) < 4.78 is 0. The molecular formula is C26H44O8. The van der Waals surface area contributed by atoms with Crippen molar-refractivity contribution in [3.05, 3.63) is 0 Å². The molecule has 0 aromatic rings. The maximum absolute atomic E-state index is 12.2. The van der Waals surface area contributed by atoms with Crippen LogP contribution in [0.25, 0.3) is 0 Å². The summed E-state index contributed by atoms with van der Waals surface area (Å²) in [5.41, 5.74) is -3.84. The van der Waals surface area contributed by atoms with Gasteiger partial charge in [0.25, 0.3) is 0 Å². The van der Waals surface area contributed by atoms with Crippen molar-refractivity contribution in [2.24, 2.45) is 34.5 Å². The molecule has 1 aliphatic rings. The van der Waals surface area contributed by atoms with Gasteiger partial charge in [-0.2, -0.15) is 0 Å². The zero-order valence-electron chi connectivity index (χ0n) is 21.2. The highest BCUT2D eigenvalue weighted by atomic mass is 16.4. The van der Waals surface area contributed by atoms with Crippen molar-refractivity contribution in [3.8, 4) is 0 Å². The third-order valence-corrected chi connectivity index (χ3v) is 7.85. The highest BCUT2D eigenvalue weighted by Gasteiger charge is 2.57. The van der Waals surface area contributed by atoms with Gasteiger partial charge in [-0.1, -0.05) is 66.2 Å². The van der Waals surface area contributed by atoms with Crippen LogP contribution < -0.4 is 0 Å². The Bertz CT molecular complexity index is 616. The highest BCUT2D eigenvalue weighted by molar-refractivity contribution is 5.99. The third kappa shape index (κ3) is 6.95. The maximum atomic E-state index is 12.2. The van der Waals surface area contributed by atoms with Crippen LogP contribution in [0.4, 0.5) is 0 Å². The minimum Gasteiger partial charge on any atom is -0.480 e. The van der Waals surface area contributed by atoms with Crippen molar-refractivity contribution in [2.75, 3.05) is 0 Å². The quantitative estimate of drug-likeness (QED) is 0.165. The van der Waals surface area contributed by atoms with E-state index in [1.165, 1.54) is 0 Å². The second kappa shape index (κ2) is 13.1. The first kappa shape index (κ1) is 29.9. The zero-order valence-corrected chi connectivity index (χ0v) is 21.2. The van der Waals surface area contributed by atoms with Crippen molar-refractivity contribution in [2.45, 2.75) is 105 Å². The predicted molar refractivity (Wildman–Crippen MR) is 127 cm³/mol. The molecule has 0 amide bonds. The summed E-state index contributed by atoms with van der Waals surface area (Å²) in [4.78, 5) is 49.0. The summed E-state index contributed by atoms with van der Waals surface area (Å²) in [5.74, 6) is -5.85. The van der Waals surface area contributed by atoms with E-state index in [2.05, 4.69) is 27.7 Å². The lowest BCUT2D eigenvalue weighted by molar-refractivity contribution is -0.178. The van der Waals surface area contributed by atoms with Crippen molar-refractivity contribution >= 4 is 23.9 Å². The summed E-state index contributed by atoms with van der Waals surface area (Å²) >= 11 is 0. The number of hydrogen-bond donors (Lipinski definition) is 4. The van der Waals surface area contributed by atoms with Crippen LogP contribution in [0.15, 0.2) is 0 Å². The second-order valence-corrected chi connectivity index (χ2v) is 11.0. The number of aliphatic carboxylic acids is 4. The van der Waals surface area contributed by atoms with E-state index < -0.39 is 46.5 Å². The molecule has 8 nitrogen and oxygen atoms in total. The Labute approximate surface area is 203 Å². The minimum absolute atomic E-state index is 0.0257. The summed E-state index contributed by atoms with van der Waals surface area (Å²) in [5, 5.41) is 39.9. The van der Waals surface area contributed by atoms with Crippen molar-refractivity contribution < 1.29 is 39.6 Å². The smallest absolute Gasteiger partial charge is 0.321 e. The lowest BCUT2D eigenvalue weighted by atomic mass is 9.59. The first-order valence-electron chi connectivity index (χ1n) is 12.8. The van der Waals surface area contributed by atoms with Crippen molar-refractivity contribution in [3.63, 3.8) is 0 Å². The molecule has 1 fully saturated rings. The molecule has 1 rings (SSSR count). The normalized spacial score (nSPS) is 19.4.